The molecule has 3 heterocycles. The summed E-state index contributed by atoms with van der Waals surface area (Å²) in [7, 11) is 2.98. The maximum atomic E-state index is 13.1. The Hall–Kier alpha value is -4.71. The number of anilines is 1. The molecule has 0 aliphatic carbocycles. The Bertz CT molecular complexity index is 1420. The normalized spacial score (nSPS) is 11.3. The van der Waals surface area contributed by atoms with Crippen molar-refractivity contribution >= 4 is 36.6 Å². The van der Waals surface area contributed by atoms with Gasteiger partial charge in [0.15, 0.2) is 11.5 Å². The second kappa shape index (κ2) is 9.27. The van der Waals surface area contributed by atoms with Crippen LogP contribution in [0.5, 0.6) is 0 Å². The molecular weight excluding hydrogens is 450 g/mol. The maximum absolute atomic E-state index is 13.1. The van der Waals surface area contributed by atoms with Crippen LogP contribution >= 0.6 is 0 Å². The number of aliphatic imine (C=N–C) groups is 2. The number of benzene rings is 1. The van der Waals surface area contributed by atoms with E-state index in [-0.39, 0.29) is 17.8 Å². The third-order valence-electron chi connectivity index (χ3n) is 5.31. The van der Waals surface area contributed by atoms with E-state index in [0.717, 1.165) is 10.5 Å². The fourth-order valence-electron chi connectivity index (χ4n) is 3.47. The van der Waals surface area contributed by atoms with Gasteiger partial charge in [-0.05, 0) is 19.5 Å². The third kappa shape index (κ3) is 4.68. The number of carbonyl (C=O) groups is 2. The summed E-state index contributed by atoms with van der Waals surface area (Å²) in [6, 6.07) is 12.9. The van der Waals surface area contributed by atoms with E-state index in [1.165, 1.54) is 17.9 Å². The summed E-state index contributed by atoms with van der Waals surface area (Å²) in [4.78, 5) is 38.8. The molecular formula is C23H23N9O3. The van der Waals surface area contributed by atoms with Crippen LogP contribution in [-0.2, 0) is 7.05 Å². The molecule has 12 heteroatoms. The first-order chi connectivity index (χ1) is 16.7. The average molecular weight is 473 g/mol. The number of carbonyl (C=O) groups excluding carboxylic acids is 2. The molecule has 0 radical (unpaired) electrons. The first-order valence-corrected chi connectivity index (χ1v) is 10.4. The molecule has 0 atom stereocenters. The maximum Gasteiger partial charge on any atom is 0.274 e. The van der Waals surface area contributed by atoms with E-state index in [0.29, 0.717) is 17.2 Å². The summed E-state index contributed by atoms with van der Waals surface area (Å²) in [6.07, 6.45) is 2.96. The minimum Gasteiger partial charge on any atom is -0.350 e. The second-order valence-electron chi connectivity index (χ2n) is 7.76. The number of aryl methyl sites for hydroxylation is 1. The minimum atomic E-state index is -1.96. The van der Waals surface area contributed by atoms with Gasteiger partial charge in [0.25, 0.3) is 17.7 Å². The number of hydrogen-bond acceptors (Lipinski definition) is 8. The van der Waals surface area contributed by atoms with E-state index in [1.54, 1.807) is 29.9 Å². The molecule has 0 saturated heterocycles. The number of rotatable bonds is 8. The predicted octanol–water partition coefficient (Wildman–Crippen LogP) is 1.50. The fraction of sp³-hybridized carbons (Fsp3) is 0.174. The van der Waals surface area contributed by atoms with Gasteiger partial charge < -0.3 is 15.3 Å². The molecule has 178 valence electrons. The highest BCUT2D eigenvalue weighted by Crippen LogP contribution is 2.20. The number of hydrogen-bond donors (Lipinski definition) is 2. The van der Waals surface area contributed by atoms with Gasteiger partial charge in [-0.15, -0.1) is 5.10 Å². The van der Waals surface area contributed by atoms with Crippen LogP contribution in [0.3, 0.4) is 0 Å². The van der Waals surface area contributed by atoms with E-state index in [1.807, 2.05) is 30.3 Å². The Kier molecular flexibility index (Phi) is 6.21. The zero-order valence-corrected chi connectivity index (χ0v) is 19.2. The number of nitrogens with one attached hydrogen (secondary N) is 1. The Morgan fingerprint density at radius 2 is 1.91 bits per heavy atom. The van der Waals surface area contributed by atoms with Crippen molar-refractivity contribution in [1.29, 1.82) is 0 Å². The Labute approximate surface area is 200 Å². The van der Waals surface area contributed by atoms with E-state index in [4.69, 9.17) is 0 Å². The predicted molar refractivity (Wildman–Crippen MR) is 131 cm³/mol. The van der Waals surface area contributed by atoms with Gasteiger partial charge in [0.1, 0.15) is 5.69 Å². The zero-order chi connectivity index (χ0) is 25.2. The smallest absolute Gasteiger partial charge is 0.274 e. The zero-order valence-electron chi connectivity index (χ0n) is 19.2. The van der Waals surface area contributed by atoms with Crippen molar-refractivity contribution in [2.45, 2.75) is 5.85 Å². The largest absolute Gasteiger partial charge is 0.350 e. The van der Waals surface area contributed by atoms with Gasteiger partial charge in [-0.2, -0.15) is 5.10 Å². The highest BCUT2D eigenvalue weighted by atomic mass is 16.3. The van der Waals surface area contributed by atoms with Gasteiger partial charge in [0.05, 0.1) is 18.3 Å². The van der Waals surface area contributed by atoms with Crippen LogP contribution in [0.15, 0.2) is 64.8 Å². The van der Waals surface area contributed by atoms with E-state index in [9.17, 15) is 14.7 Å². The SMILES string of the molecule is C=NC(O)(CN(C)C(=O)c1cnn(C)c1C(=O)Nc1ccn2nc(-c3ccccc3)nc2c1)N=C. The van der Waals surface area contributed by atoms with Crippen molar-refractivity contribution < 1.29 is 14.7 Å². The Morgan fingerprint density at radius 1 is 1.20 bits per heavy atom. The molecule has 0 spiro atoms. The molecule has 4 rings (SSSR count). The van der Waals surface area contributed by atoms with Gasteiger partial charge >= 0.3 is 0 Å². The number of fused-ring (bicyclic) bond motifs is 1. The quantitative estimate of drug-likeness (QED) is 0.371. The van der Waals surface area contributed by atoms with Gasteiger partial charge in [-0.1, -0.05) is 30.3 Å². The van der Waals surface area contributed by atoms with Crippen LogP contribution in [0.4, 0.5) is 5.69 Å². The topological polar surface area (TPSA) is 142 Å². The van der Waals surface area contributed by atoms with Gasteiger partial charge in [-0.3, -0.25) is 14.3 Å². The summed E-state index contributed by atoms with van der Waals surface area (Å²) < 4.78 is 2.90. The first kappa shape index (κ1) is 23.4. The highest BCUT2D eigenvalue weighted by Gasteiger charge is 2.30. The van der Waals surface area contributed by atoms with Crippen molar-refractivity contribution in [2.75, 3.05) is 18.9 Å². The lowest BCUT2D eigenvalue weighted by molar-refractivity contribution is 0.0250. The van der Waals surface area contributed by atoms with Gasteiger partial charge in [0.2, 0.25) is 0 Å². The molecule has 0 bridgehead atoms. The molecule has 1 aromatic carbocycles. The number of nitrogens with zero attached hydrogens (tertiary/aromatic N) is 8. The van der Waals surface area contributed by atoms with Crippen LogP contribution in [-0.4, -0.2) is 79.1 Å². The molecule has 12 nitrogen and oxygen atoms in total. The molecule has 4 aromatic rings. The molecule has 0 aliphatic rings. The molecule has 0 unspecified atom stereocenters. The van der Waals surface area contributed by atoms with Crippen LogP contribution < -0.4 is 5.32 Å². The summed E-state index contributed by atoms with van der Waals surface area (Å²) in [5.74, 6) is -2.51. The average Bonchev–Trinajstić information content (AvgIpc) is 3.47. The lowest BCUT2D eigenvalue weighted by Gasteiger charge is -2.25. The summed E-state index contributed by atoms with van der Waals surface area (Å²) in [5, 5.41) is 21.4. The number of pyridine rings is 1. The van der Waals surface area contributed by atoms with Crippen molar-refractivity contribution in [2.24, 2.45) is 17.0 Å². The minimum absolute atomic E-state index is 0.0369. The van der Waals surface area contributed by atoms with E-state index < -0.39 is 17.7 Å². The molecule has 2 N–H and O–H groups in total. The molecule has 3 aromatic heterocycles. The summed E-state index contributed by atoms with van der Waals surface area (Å²) in [6.45, 7) is 6.22. The Morgan fingerprint density at radius 3 is 2.60 bits per heavy atom. The van der Waals surface area contributed by atoms with Crippen molar-refractivity contribution in [3.63, 3.8) is 0 Å². The molecule has 35 heavy (non-hydrogen) atoms. The van der Waals surface area contributed by atoms with Crippen molar-refractivity contribution in [3.05, 3.63) is 66.1 Å². The molecule has 0 aliphatic heterocycles. The summed E-state index contributed by atoms with van der Waals surface area (Å²) >= 11 is 0. The first-order valence-electron chi connectivity index (χ1n) is 10.4. The number of aromatic nitrogens is 5. The van der Waals surface area contributed by atoms with E-state index in [2.05, 4.69) is 43.9 Å². The van der Waals surface area contributed by atoms with Crippen molar-refractivity contribution in [3.8, 4) is 11.4 Å². The lowest BCUT2D eigenvalue weighted by atomic mass is 10.2. The highest BCUT2D eigenvalue weighted by molar-refractivity contribution is 6.11. The van der Waals surface area contributed by atoms with Crippen molar-refractivity contribution in [1.82, 2.24) is 29.3 Å². The fourth-order valence-corrected chi connectivity index (χ4v) is 3.47. The van der Waals surface area contributed by atoms with E-state index >= 15 is 0 Å². The van der Waals surface area contributed by atoms with Gasteiger partial charge in [-0.25, -0.2) is 19.5 Å². The third-order valence-corrected chi connectivity index (χ3v) is 5.31. The lowest BCUT2D eigenvalue weighted by Crippen LogP contribution is -2.41. The van der Waals surface area contributed by atoms with Gasteiger partial charge in [0, 0.05) is 37.6 Å². The second-order valence-corrected chi connectivity index (χ2v) is 7.76. The molecule has 0 saturated carbocycles. The van der Waals surface area contributed by atoms with Crippen LogP contribution in [0.25, 0.3) is 17.0 Å². The standard InChI is InChI=1S/C23H23N9O3/c1-24-23(35,25-2)14-30(3)22(34)17-13-26-31(4)19(17)21(33)27-16-10-11-32-18(12-16)28-20(29-32)15-8-6-5-7-9-15/h5-13,35H,1-2,14H2,3-4H3,(H,27,33). The Balaban J connectivity index is 1.56. The molecule has 2 amide bonds. The number of amides is 2. The summed E-state index contributed by atoms with van der Waals surface area (Å²) in [5.41, 5.74) is 1.95. The van der Waals surface area contributed by atoms with Crippen LogP contribution in [0, 0.1) is 0 Å². The number of likely N-dealkylation sites (N-methyl/N-ethyl adjacent to an activating group) is 1. The van der Waals surface area contributed by atoms with Crippen LogP contribution in [0.1, 0.15) is 20.8 Å². The monoisotopic (exact) mass is 473 g/mol. The van der Waals surface area contributed by atoms with Crippen LogP contribution in [0.2, 0.25) is 0 Å². The molecule has 0 fully saturated rings. The number of aliphatic hydroxyl groups is 1.